The number of ether oxygens (including phenoxy) is 1. The minimum atomic E-state index is -3.20. The molecule has 118 valence electrons. The van der Waals surface area contributed by atoms with E-state index >= 15 is 0 Å². The first kappa shape index (κ1) is 15.3. The summed E-state index contributed by atoms with van der Waals surface area (Å²) in [7, 11) is -1.62. The summed E-state index contributed by atoms with van der Waals surface area (Å²) in [6.45, 7) is 0. The van der Waals surface area contributed by atoms with Crippen molar-refractivity contribution >= 4 is 21.6 Å². The molecule has 0 saturated carbocycles. The maximum absolute atomic E-state index is 11.6. The Hall–Kier alpha value is -1.65. The number of nitrogens with zero attached hydrogens (tertiary/aromatic N) is 4. The van der Waals surface area contributed by atoms with Gasteiger partial charge in [0.15, 0.2) is 9.84 Å². The Balaban J connectivity index is 1.83. The fourth-order valence-corrected chi connectivity index (χ4v) is 5.66. The van der Waals surface area contributed by atoms with Crippen molar-refractivity contribution in [2.75, 3.05) is 18.6 Å². The van der Waals surface area contributed by atoms with Crippen LogP contribution in [0, 0.1) is 0 Å². The maximum Gasteiger partial charge on any atom is 0.214 e. The predicted octanol–water partition coefficient (Wildman–Crippen LogP) is -0.0791. The molecular formula is C12H14N4O4S2. The average Bonchev–Trinajstić information content (AvgIpc) is 3.03. The third-order valence-corrected chi connectivity index (χ3v) is 6.46. The quantitative estimate of drug-likeness (QED) is 0.822. The maximum atomic E-state index is 11.6. The first-order valence-corrected chi connectivity index (χ1v) is 9.16. The molecule has 1 aliphatic heterocycles. The molecule has 1 N–H and O–H groups in total. The molecule has 8 nitrogen and oxygen atoms in total. The molecule has 3 rings (SSSR count). The molecule has 0 bridgehead atoms. The van der Waals surface area contributed by atoms with Crippen molar-refractivity contribution in [1.82, 2.24) is 20.2 Å². The zero-order valence-electron chi connectivity index (χ0n) is 11.7. The second-order valence-electron chi connectivity index (χ2n) is 4.87. The number of hydrogen-bond donors (Lipinski definition) is 1. The fraction of sp³-hybridized carbons (Fsp3) is 0.417. The number of aliphatic hydroxyl groups is 1. The van der Waals surface area contributed by atoms with E-state index < -0.39 is 21.2 Å². The van der Waals surface area contributed by atoms with Crippen LogP contribution in [0.25, 0.3) is 5.69 Å². The minimum Gasteiger partial charge on any atom is -0.497 e. The van der Waals surface area contributed by atoms with Crippen LogP contribution < -0.4 is 4.74 Å². The molecule has 0 radical (unpaired) electrons. The largest absolute Gasteiger partial charge is 0.497 e. The van der Waals surface area contributed by atoms with E-state index in [-0.39, 0.29) is 11.5 Å². The number of sulfone groups is 1. The van der Waals surface area contributed by atoms with E-state index in [0.717, 1.165) is 5.69 Å². The molecule has 1 aliphatic rings. The standard InChI is InChI=1S/C12H14N4O4S2/c1-20-9-4-2-8(3-5-9)16-12(13-14-15-16)21-11-7-22(18,19)6-10(11)17/h2-5,10-11,17H,6-7H2,1H3/t10-,11-/m1/s1. The Morgan fingerprint density at radius 3 is 2.64 bits per heavy atom. The van der Waals surface area contributed by atoms with Gasteiger partial charge in [-0.15, -0.1) is 5.10 Å². The SMILES string of the molecule is COc1ccc(-n2nnnc2S[C@@H]2CS(=O)(=O)C[C@H]2O)cc1. The molecule has 0 spiro atoms. The highest BCUT2D eigenvalue weighted by Crippen LogP contribution is 2.30. The van der Waals surface area contributed by atoms with Crippen LogP contribution in [0.2, 0.25) is 0 Å². The van der Waals surface area contributed by atoms with E-state index in [9.17, 15) is 13.5 Å². The van der Waals surface area contributed by atoms with Gasteiger partial charge in [-0.3, -0.25) is 0 Å². The van der Waals surface area contributed by atoms with Gasteiger partial charge in [-0.1, -0.05) is 11.8 Å². The number of aliphatic hydroxyl groups excluding tert-OH is 1. The van der Waals surface area contributed by atoms with Gasteiger partial charge in [0, 0.05) is 0 Å². The number of benzene rings is 1. The second kappa shape index (κ2) is 5.86. The number of tetrazole rings is 1. The lowest BCUT2D eigenvalue weighted by Crippen LogP contribution is -2.20. The molecule has 1 aromatic heterocycles. The van der Waals surface area contributed by atoms with Crippen LogP contribution in [0.1, 0.15) is 0 Å². The Morgan fingerprint density at radius 2 is 2.05 bits per heavy atom. The van der Waals surface area contributed by atoms with E-state index in [2.05, 4.69) is 15.5 Å². The third-order valence-electron chi connectivity index (χ3n) is 3.29. The Bertz CT molecular complexity index is 760. The molecule has 2 heterocycles. The zero-order valence-corrected chi connectivity index (χ0v) is 13.3. The number of rotatable bonds is 4. The molecular weight excluding hydrogens is 328 g/mol. The molecule has 2 aromatic rings. The van der Waals surface area contributed by atoms with Gasteiger partial charge < -0.3 is 9.84 Å². The smallest absolute Gasteiger partial charge is 0.214 e. The predicted molar refractivity (Wildman–Crippen MR) is 80.0 cm³/mol. The van der Waals surface area contributed by atoms with Gasteiger partial charge in [0.2, 0.25) is 5.16 Å². The van der Waals surface area contributed by atoms with Crippen molar-refractivity contribution in [3.63, 3.8) is 0 Å². The fourth-order valence-electron chi connectivity index (χ4n) is 2.18. The molecule has 1 saturated heterocycles. The summed E-state index contributed by atoms with van der Waals surface area (Å²) in [5, 5.41) is 21.3. The first-order chi connectivity index (χ1) is 10.5. The van der Waals surface area contributed by atoms with Crippen LogP contribution in [-0.2, 0) is 9.84 Å². The van der Waals surface area contributed by atoms with E-state index in [1.807, 2.05) is 0 Å². The summed E-state index contributed by atoms with van der Waals surface area (Å²) in [4.78, 5) is 0. The van der Waals surface area contributed by atoms with E-state index in [4.69, 9.17) is 4.74 Å². The van der Waals surface area contributed by atoms with E-state index in [0.29, 0.717) is 10.9 Å². The van der Waals surface area contributed by atoms with Crippen LogP contribution >= 0.6 is 11.8 Å². The van der Waals surface area contributed by atoms with Gasteiger partial charge in [-0.2, -0.15) is 4.68 Å². The highest BCUT2D eigenvalue weighted by molar-refractivity contribution is 8.01. The zero-order chi connectivity index (χ0) is 15.7. The number of hydrogen-bond acceptors (Lipinski definition) is 8. The summed E-state index contributed by atoms with van der Waals surface area (Å²) < 4.78 is 29.7. The second-order valence-corrected chi connectivity index (χ2v) is 8.23. The summed E-state index contributed by atoms with van der Waals surface area (Å²) >= 11 is 1.17. The van der Waals surface area contributed by atoms with Crippen molar-refractivity contribution in [2.45, 2.75) is 16.5 Å². The average molecular weight is 342 g/mol. The molecule has 10 heteroatoms. The first-order valence-electron chi connectivity index (χ1n) is 6.46. The normalized spacial score (nSPS) is 23.5. The van der Waals surface area contributed by atoms with Gasteiger partial charge in [-0.25, -0.2) is 8.42 Å². The minimum absolute atomic E-state index is 0.0751. The van der Waals surface area contributed by atoms with Crippen molar-refractivity contribution < 1.29 is 18.3 Å². The Kier molecular flexibility index (Phi) is 4.06. The lowest BCUT2D eigenvalue weighted by Gasteiger charge is -2.11. The monoisotopic (exact) mass is 342 g/mol. The number of methoxy groups -OCH3 is 1. The summed E-state index contributed by atoms with van der Waals surface area (Å²) in [5.41, 5.74) is 0.726. The lowest BCUT2D eigenvalue weighted by molar-refractivity contribution is 0.207. The van der Waals surface area contributed by atoms with Gasteiger partial charge >= 0.3 is 0 Å². The van der Waals surface area contributed by atoms with Crippen molar-refractivity contribution in [3.8, 4) is 11.4 Å². The Labute approximate surface area is 131 Å². The lowest BCUT2D eigenvalue weighted by atomic mass is 10.3. The summed E-state index contributed by atoms with van der Waals surface area (Å²) in [6.07, 6.45) is -0.906. The highest BCUT2D eigenvalue weighted by Gasteiger charge is 2.38. The molecule has 0 amide bonds. The topological polar surface area (TPSA) is 107 Å². The van der Waals surface area contributed by atoms with Crippen LogP contribution in [0.15, 0.2) is 29.4 Å². The van der Waals surface area contributed by atoms with Gasteiger partial charge in [0.05, 0.1) is 35.7 Å². The van der Waals surface area contributed by atoms with Crippen molar-refractivity contribution in [3.05, 3.63) is 24.3 Å². The third kappa shape index (κ3) is 3.08. The van der Waals surface area contributed by atoms with Crippen LogP contribution in [0.3, 0.4) is 0 Å². The van der Waals surface area contributed by atoms with Gasteiger partial charge in [0.25, 0.3) is 0 Å². The molecule has 1 aromatic carbocycles. The summed E-state index contributed by atoms with van der Waals surface area (Å²) in [5.74, 6) is 0.423. The highest BCUT2D eigenvalue weighted by atomic mass is 32.2. The van der Waals surface area contributed by atoms with Gasteiger partial charge in [-0.05, 0) is 34.7 Å². The molecule has 22 heavy (non-hydrogen) atoms. The molecule has 2 atom stereocenters. The molecule has 0 unspecified atom stereocenters. The summed E-state index contributed by atoms with van der Waals surface area (Å²) in [6, 6.07) is 7.14. The van der Waals surface area contributed by atoms with Crippen molar-refractivity contribution in [1.29, 1.82) is 0 Å². The van der Waals surface area contributed by atoms with Gasteiger partial charge in [0.1, 0.15) is 5.75 Å². The number of aromatic nitrogens is 4. The van der Waals surface area contributed by atoms with E-state index in [1.54, 1.807) is 31.4 Å². The molecule has 0 aliphatic carbocycles. The van der Waals surface area contributed by atoms with E-state index in [1.165, 1.54) is 16.4 Å². The Morgan fingerprint density at radius 1 is 1.32 bits per heavy atom. The van der Waals surface area contributed by atoms with Crippen LogP contribution in [-0.4, -0.2) is 63.7 Å². The molecule has 1 fully saturated rings. The van der Waals surface area contributed by atoms with Crippen LogP contribution in [0.4, 0.5) is 0 Å². The van der Waals surface area contributed by atoms with Crippen LogP contribution in [0.5, 0.6) is 5.75 Å². The number of thioether (sulfide) groups is 1. The van der Waals surface area contributed by atoms with Crippen molar-refractivity contribution in [2.24, 2.45) is 0 Å².